The molecule has 0 amide bonds. The van der Waals surface area contributed by atoms with Gasteiger partial charge in [-0.2, -0.15) is 5.10 Å². The molecule has 0 fully saturated rings. The number of hydrogen-bond donors (Lipinski definition) is 0. The number of hydrazone groups is 1. The largest absolute Gasteiger partial charge is 0.465 e. The summed E-state index contributed by atoms with van der Waals surface area (Å²) in [7, 11) is 0. The van der Waals surface area contributed by atoms with Crippen LogP contribution in [0.5, 0.6) is 0 Å². The second-order valence-electron chi connectivity index (χ2n) is 3.21. The Hall–Kier alpha value is -1.39. The average Bonchev–Trinajstić information content (AvgIpc) is 2.61. The number of ether oxygens (including phenoxy) is 1. The number of amidine groups is 1. The second kappa shape index (κ2) is 3.77. The van der Waals surface area contributed by atoms with Crippen molar-refractivity contribution in [1.82, 2.24) is 5.01 Å². The molecule has 2 aliphatic heterocycles. The zero-order valence-electron chi connectivity index (χ0n) is 8.14. The van der Waals surface area contributed by atoms with Crippen LogP contribution >= 0.6 is 0 Å². The highest BCUT2D eigenvalue weighted by molar-refractivity contribution is 6.15. The van der Waals surface area contributed by atoms with Crippen molar-refractivity contribution in [1.29, 1.82) is 0 Å². The van der Waals surface area contributed by atoms with Gasteiger partial charge in [0, 0.05) is 19.3 Å². The number of carbonyl (C=O) groups excluding carboxylic acids is 1. The highest BCUT2D eigenvalue weighted by atomic mass is 16.5. The minimum absolute atomic E-state index is 0.251. The van der Waals surface area contributed by atoms with Gasteiger partial charge in [-0.1, -0.05) is 0 Å². The van der Waals surface area contributed by atoms with E-state index in [1.54, 1.807) is 18.1 Å². The molecule has 0 aromatic rings. The van der Waals surface area contributed by atoms with Crippen molar-refractivity contribution in [3.8, 4) is 0 Å². The summed E-state index contributed by atoms with van der Waals surface area (Å²) in [6, 6.07) is 0. The van der Waals surface area contributed by atoms with Crippen LogP contribution in [-0.2, 0) is 9.53 Å². The molecule has 0 N–H and O–H groups in total. The van der Waals surface area contributed by atoms with Gasteiger partial charge in [-0.25, -0.2) is 0 Å². The Morgan fingerprint density at radius 2 is 2.64 bits per heavy atom. The third-order valence-corrected chi connectivity index (χ3v) is 2.24. The van der Waals surface area contributed by atoms with Crippen LogP contribution in [0.1, 0.15) is 13.3 Å². The minimum atomic E-state index is -0.379. The number of esters is 1. The third-order valence-electron chi connectivity index (χ3n) is 2.24. The van der Waals surface area contributed by atoms with E-state index >= 15 is 0 Å². The van der Waals surface area contributed by atoms with E-state index < -0.39 is 0 Å². The quantitative estimate of drug-likeness (QED) is 0.594. The molecular formula is C9H13N3O2. The van der Waals surface area contributed by atoms with Crippen molar-refractivity contribution in [2.45, 2.75) is 13.3 Å². The van der Waals surface area contributed by atoms with Gasteiger partial charge in [0.15, 0.2) is 5.92 Å². The Bertz CT molecular complexity index is 298. The van der Waals surface area contributed by atoms with Crippen LogP contribution in [0.3, 0.4) is 0 Å². The van der Waals surface area contributed by atoms with E-state index in [4.69, 9.17) is 4.74 Å². The maximum absolute atomic E-state index is 11.5. The monoisotopic (exact) mass is 195 g/mol. The molecule has 0 radical (unpaired) electrons. The van der Waals surface area contributed by atoms with Crippen molar-refractivity contribution in [2.24, 2.45) is 16.0 Å². The topological polar surface area (TPSA) is 54.3 Å². The lowest BCUT2D eigenvalue weighted by molar-refractivity contribution is -0.143. The average molecular weight is 195 g/mol. The third kappa shape index (κ3) is 1.49. The highest BCUT2D eigenvalue weighted by Crippen LogP contribution is 2.17. The zero-order chi connectivity index (χ0) is 9.97. The molecule has 0 aromatic heterocycles. The molecule has 0 bridgehead atoms. The molecule has 0 saturated carbocycles. The molecule has 0 spiro atoms. The number of hydrogen-bond acceptors (Lipinski definition) is 5. The summed E-state index contributed by atoms with van der Waals surface area (Å²) in [5.74, 6) is 0.115. The molecule has 14 heavy (non-hydrogen) atoms. The summed E-state index contributed by atoms with van der Waals surface area (Å²) in [6.07, 6.45) is 2.61. The molecule has 76 valence electrons. The van der Waals surface area contributed by atoms with Gasteiger partial charge in [-0.3, -0.25) is 14.8 Å². The van der Waals surface area contributed by atoms with E-state index in [1.807, 2.05) is 0 Å². The first-order valence-corrected chi connectivity index (χ1v) is 4.85. The molecule has 1 unspecified atom stereocenters. The summed E-state index contributed by atoms with van der Waals surface area (Å²) in [4.78, 5) is 15.8. The van der Waals surface area contributed by atoms with Crippen LogP contribution in [-0.4, -0.2) is 42.7 Å². The van der Waals surface area contributed by atoms with Crippen LogP contribution in [0, 0.1) is 5.92 Å². The Labute approximate surface area is 82.4 Å². The Kier molecular flexibility index (Phi) is 2.47. The number of carbonyl (C=O) groups is 1. The van der Waals surface area contributed by atoms with Crippen molar-refractivity contribution < 1.29 is 9.53 Å². The van der Waals surface area contributed by atoms with Crippen molar-refractivity contribution >= 4 is 18.0 Å². The molecular weight excluding hydrogens is 182 g/mol. The maximum atomic E-state index is 11.5. The van der Waals surface area contributed by atoms with Gasteiger partial charge in [-0.05, 0) is 13.3 Å². The number of rotatable bonds is 2. The van der Waals surface area contributed by atoms with Gasteiger partial charge in [0.05, 0.1) is 6.61 Å². The number of fused-ring (bicyclic) bond motifs is 1. The normalized spacial score (nSPS) is 24.5. The lowest BCUT2D eigenvalue weighted by Gasteiger charge is -2.21. The molecule has 5 nitrogen and oxygen atoms in total. The van der Waals surface area contributed by atoms with E-state index in [2.05, 4.69) is 10.1 Å². The summed E-state index contributed by atoms with van der Waals surface area (Å²) >= 11 is 0. The van der Waals surface area contributed by atoms with E-state index in [0.717, 1.165) is 25.3 Å². The fourth-order valence-corrected chi connectivity index (χ4v) is 1.60. The summed E-state index contributed by atoms with van der Waals surface area (Å²) in [5.41, 5.74) is 0. The molecule has 2 heterocycles. The van der Waals surface area contributed by atoms with Crippen LogP contribution in [0.15, 0.2) is 10.1 Å². The van der Waals surface area contributed by atoms with Gasteiger partial charge < -0.3 is 4.74 Å². The zero-order valence-corrected chi connectivity index (χ0v) is 8.14. The summed E-state index contributed by atoms with van der Waals surface area (Å²) in [5, 5.41) is 5.90. The van der Waals surface area contributed by atoms with E-state index in [1.165, 1.54) is 0 Å². The molecule has 0 aliphatic carbocycles. The Balaban J connectivity index is 2.10. The first kappa shape index (κ1) is 9.18. The Morgan fingerprint density at radius 3 is 3.43 bits per heavy atom. The maximum Gasteiger partial charge on any atom is 0.322 e. The van der Waals surface area contributed by atoms with Gasteiger partial charge in [-0.15, -0.1) is 0 Å². The van der Waals surface area contributed by atoms with Crippen molar-refractivity contribution in [3.63, 3.8) is 0 Å². The first-order valence-electron chi connectivity index (χ1n) is 4.85. The smallest absolute Gasteiger partial charge is 0.322 e. The first-order chi connectivity index (χ1) is 6.83. The van der Waals surface area contributed by atoms with Gasteiger partial charge in [0.25, 0.3) is 0 Å². The predicted molar refractivity (Wildman–Crippen MR) is 52.2 cm³/mol. The van der Waals surface area contributed by atoms with Gasteiger partial charge in [0.2, 0.25) is 0 Å². The number of aliphatic imine (C=N–C) groups is 1. The lowest BCUT2D eigenvalue weighted by Crippen LogP contribution is -2.35. The molecule has 0 saturated heterocycles. The molecule has 5 heteroatoms. The Morgan fingerprint density at radius 1 is 1.79 bits per heavy atom. The molecule has 2 rings (SSSR count). The second-order valence-corrected chi connectivity index (χ2v) is 3.21. The van der Waals surface area contributed by atoms with Crippen LogP contribution in [0.2, 0.25) is 0 Å². The fourth-order valence-electron chi connectivity index (χ4n) is 1.60. The van der Waals surface area contributed by atoms with E-state index in [0.29, 0.717) is 6.61 Å². The predicted octanol–water partition coefficient (Wildman–Crippen LogP) is 0.269. The van der Waals surface area contributed by atoms with E-state index in [-0.39, 0.29) is 11.9 Å². The standard InChI is InChI=1S/C9H13N3O2/c1-2-14-9(13)7-6-11-12-5-3-4-10-8(7)12/h6-7H,2-5H2,1H3. The van der Waals surface area contributed by atoms with Crippen molar-refractivity contribution in [3.05, 3.63) is 0 Å². The summed E-state index contributed by atoms with van der Waals surface area (Å²) in [6.45, 7) is 3.83. The van der Waals surface area contributed by atoms with Gasteiger partial charge in [0.1, 0.15) is 5.84 Å². The molecule has 0 aromatic carbocycles. The fraction of sp³-hybridized carbons (Fsp3) is 0.667. The highest BCUT2D eigenvalue weighted by Gasteiger charge is 2.34. The van der Waals surface area contributed by atoms with Crippen LogP contribution < -0.4 is 0 Å². The number of nitrogens with zero attached hydrogens (tertiary/aromatic N) is 3. The molecule has 1 atom stereocenters. The van der Waals surface area contributed by atoms with Gasteiger partial charge >= 0.3 is 5.97 Å². The molecule has 2 aliphatic rings. The van der Waals surface area contributed by atoms with Crippen molar-refractivity contribution in [2.75, 3.05) is 19.7 Å². The van der Waals surface area contributed by atoms with Crippen LogP contribution in [0.25, 0.3) is 0 Å². The van der Waals surface area contributed by atoms with E-state index in [9.17, 15) is 4.79 Å². The lowest BCUT2D eigenvalue weighted by atomic mass is 10.1. The van der Waals surface area contributed by atoms with Crippen LogP contribution in [0.4, 0.5) is 0 Å². The summed E-state index contributed by atoms with van der Waals surface area (Å²) < 4.78 is 4.94. The SMILES string of the molecule is CCOC(=O)C1C=NN2CCCN=C12. The minimum Gasteiger partial charge on any atom is -0.465 e.